The lowest BCUT2D eigenvalue weighted by Gasteiger charge is -2.06. The van der Waals surface area contributed by atoms with E-state index in [1.54, 1.807) is 12.1 Å². The summed E-state index contributed by atoms with van der Waals surface area (Å²) in [5.41, 5.74) is 6.92. The molecular weight excluding hydrogens is 262 g/mol. The predicted molar refractivity (Wildman–Crippen MR) is 78.4 cm³/mol. The molecule has 5 nitrogen and oxygen atoms in total. The summed E-state index contributed by atoms with van der Waals surface area (Å²) in [6.45, 7) is 4.05. The molecule has 0 aliphatic rings. The Morgan fingerprint density at radius 1 is 1.26 bits per heavy atom. The van der Waals surface area contributed by atoms with Crippen LogP contribution >= 0.6 is 0 Å². The van der Waals surface area contributed by atoms with Gasteiger partial charge in [0.2, 0.25) is 0 Å². The number of nitrogen functional groups attached to an aromatic ring is 1. The predicted octanol–water partition coefficient (Wildman–Crippen LogP) is 2.50. The quantitative estimate of drug-likeness (QED) is 0.458. The van der Waals surface area contributed by atoms with E-state index in [1.807, 2.05) is 6.92 Å². The number of nitrogens with zero attached hydrogens (tertiary/aromatic N) is 1. The highest BCUT2D eigenvalue weighted by Crippen LogP contribution is 2.11. The first-order chi connectivity index (χ1) is 8.99. The van der Waals surface area contributed by atoms with Crippen LogP contribution < -0.4 is 10.6 Å². The Morgan fingerprint density at radius 3 is 2.42 bits per heavy atom. The third kappa shape index (κ3) is 4.90. The van der Waals surface area contributed by atoms with Crippen molar-refractivity contribution in [2.45, 2.75) is 44.4 Å². The SMILES string of the molecule is CCCC/C(CC)=N\NS(=O)(=O)c1ccc(N)cc1. The first kappa shape index (κ1) is 15.5. The Bertz CT molecular complexity index is 521. The molecule has 1 aromatic carbocycles. The van der Waals surface area contributed by atoms with E-state index in [2.05, 4.69) is 16.9 Å². The van der Waals surface area contributed by atoms with Gasteiger partial charge in [-0.3, -0.25) is 0 Å². The first-order valence-corrected chi connectivity index (χ1v) is 7.90. The molecule has 19 heavy (non-hydrogen) atoms. The summed E-state index contributed by atoms with van der Waals surface area (Å²) in [7, 11) is -3.60. The molecule has 0 atom stereocenters. The average Bonchev–Trinajstić information content (AvgIpc) is 2.39. The Hall–Kier alpha value is -1.56. The van der Waals surface area contributed by atoms with Crippen molar-refractivity contribution in [1.82, 2.24) is 4.83 Å². The lowest BCUT2D eigenvalue weighted by molar-refractivity contribution is 0.584. The van der Waals surface area contributed by atoms with Crippen LogP contribution in [0.2, 0.25) is 0 Å². The smallest absolute Gasteiger partial charge is 0.276 e. The zero-order chi connectivity index (χ0) is 14.3. The number of nitrogens with two attached hydrogens (primary N) is 1. The minimum Gasteiger partial charge on any atom is -0.399 e. The van der Waals surface area contributed by atoms with Crippen LogP contribution in [0, 0.1) is 0 Å². The van der Waals surface area contributed by atoms with Crippen molar-refractivity contribution in [1.29, 1.82) is 0 Å². The number of hydrazone groups is 1. The van der Waals surface area contributed by atoms with Gasteiger partial charge in [-0.05, 0) is 43.5 Å². The molecule has 0 unspecified atom stereocenters. The van der Waals surface area contributed by atoms with E-state index in [1.165, 1.54) is 12.1 Å². The van der Waals surface area contributed by atoms with Crippen LogP contribution in [0.4, 0.5) is 5.69 Å². The fourth-order valence-electron chi connectivity index (χ4n) is 1.52. The van der Waals surface area contributed by atoms with Gasteiger partial charge in [-0.1, -0.05) is 20.3 Å². The fraction of sp³-hybridized carbons (Fsp3) is 0.462. The van der Waals surface area contributed by atoms with Gasteiger partial charge in [0.15, 0.2) is 0 Å². The number of rotatable bonds is 7. The van der Waals surface area contributed by atoms with Gasteiger partial charge in [0.25, 0.3) is 10.0 Å². The Labute approximate surface area is 115 Å². The summed E-state index contributed by atoms with van der Waals surface area (Å²) in [5.74, 6) is 0. The molecule has 0 aliphatic carbocycles. The zero-order valence-electron chi connectivity index (χ0n) is 11.4. The largest absolute Gasteiger partial charge is 0.399 e. The van der Waals surface area contributed by atoms with Crippen LogP contribution in [0.3, 0.4) is 0 Å². The minimum absolute atomic E-state index is 0.163. The molecule has 3 N–H and O–H groups in total. The molecule has 0 saturated heterocycles. The molecule has 106 valence electrons. The molecule has 1 rings (SSSR count). The molecule has 0 bridgehead atoms. The van der Waals surface area contributed by atoms with Gasteiger partial charge in [0.05, 0.1) is 4.90 Å². The van der Waals surface area contributed by atoms with Crippen LogP contribution in [-0.2, 0) is 10.0 Å². The summed E-state index contributed by atoms with van der Waals surface area (Å²) >= 11 is 0. The molecule has 0 fully saturated rings. The summed E-state index contributed by atoms with van der Waals surface area (Å²) in [5, 5.41) is 4.00. The highest BCUT2D eigenvalue weighted by molar-refractivity contribution is 7.89. The molecule has 0 saturated carbocycles. The van der Waals surface area contributed by atoms with Crippen molar-refractivity contribution in [2.75, 3.05) is 5.73 Å². The van der Waals surface area contributed by atoms with Gasteiger partial charge in [-0.2, -0.15) is 13.5 Å². The van der Waals surface area contributed by atoms with E-state index in [0.717, 1.165) is 31.4 Å². The van der Waals surface area contributed by atoms with Crippen molar-refractivity contribution in [3.05, 3.63) is 24.3 Å². The standard InChI is InChI=1S/C13H21N3O2S/c1-3-5-6-12(4-2)15-16-19(17,18)13-9-7-11(14)8-10-13/h7-10,16H,3-6,14H2,1-2H3/b15-12-. The van der Waals surface area contributed by atoms with Crippen LogP contribution in [0.25, 0.3) is 0 Å². The van der Waals surface area contributed by atoms with Crippen molar-refractivity contribution in [3.63, 3.8) is 0 Å². The maximum absolute atomic E-state index is 12.0. The van der Waals surface area contributed by atoms with E-state index in [4.69, 9.17) is 5.73 Å². The third-order valence-corrected chi connectivity index (χ3v) is 3.97. The van der Waals surface area contributed by atoms with Crippen molar-refractivity contribution in [3.8, 4) is 0 Å². The molecule has 1 aromatic rings. The Balaban J connectivity index is 2.79. The van der Waals surface area contributed by atoms with Crippen molar-refractivity contribution >= 4 is 21.4 Å². The van der Waals surface area contributed by atoms with E-state index < -0.39 is 10.0 Å². The highest BCUT2D eigenvalue weighted by atomic mass is 32.2. The number of hydrogen-bond acceptors (Lipinski definition) is 4. The summed E-state index contributed by atoms with van der Waals surface area (Å²) in [6.07, 6.45) is 3.63. The third-order valence-electron chi connectivity index (χ3n) is 2.74. The molecule has 0 radical (unpaired) electrons. The van der Waals surface area contributed by atoms with Gasteiger partial charge in [0.1, 0.15) is 0 Å². The lowest BCUT2D eigenvalue weighted by atomic mass is 10.1. The lowest BCUT2D eigenvalue weighted by Crippen LogP contribution is -2.20. The van der Waals surface area contributed by atoms with Gasteiger partial charge in [-0.15, -0.1) is 0 Å². The van der Waals surface area contributed by atoms with Gasteiger partial charge in [0, 0.05) is 11.4 Å². The maximum Gasteiger partial charge on any atom is 0.276 e. The summed E-state index contributed by atoms with van der Waals surface area (Å²) in [4.78, 5) is 2.44. The Morgan fingerprint density at radius 2 is 1.89 bits per heavy atom. The van der Waals surface area contributed by atoms with E-state index in [-0.39, 0.29) is 4.90 Å². The molecule has 0 aromatic heterocycles. The van der Waals surface area contributed by atoms with Gasteiger partial charge in [-0.25, -0.2) is 4.83 Å². The number of nitrogens with one attached hydrogen (secondary N) is 1. The minimum atomic E-state index is -3.60. The molecule has 6 heteroatoms. The Kier molecular flexibility index (Phi) is 5.82. The molecule has 0 aliphatic heterocycles. The van der Waals surface area contributed by atoms with Crippen LogP contribution in [0.5, 0.6) is 0 Å². The van der Waals surface area contributed by atoms with Crippen molar-refractivity contribution in [2.24, 2.45) is 5.10 Å². The maximum atomic E-state index is 12.0. The number of sulfonamides is 1. The summed E-state index contributed by atoms with van der Waals surface area (Å²) in [6, 6.07) is 6.03. The summed E-state index contributed by atoms with van der Waals surface area (Å²) < 4.78 is 24.0. The molecule has 0 heterocycles. The normalized spacial score (nSPS) is 12.4. The van der Waals surface area contributed by atoms with E-state index in [0.29, 0.717) is 5.69 Å². The number of anilines is 1. The monoisotopic (exact) mass is 283 g/mol. The number of unbranched alkanes of at least 4 members (excludes halogenated alkanes) is 1. The zero-order valence-corrected chi connectivity index (χ0v) is 12.2. The van der Waals surface area contributed by atoms with Gasteiger partial charge >= 0.3 is 0 Å². The van der Waals surface area contributed by atoms with Gasteiger partial charge < -0.3 is 5.73 Å². The van der Waals surface area contributed by atoms with Crippen LogP contribution in [-0.4, -0.2) is 14.1 Å². The second kappa shape index (κ2) is 7.13. The number of hydrogen-bond donors (Lipinski definition) is 2. The fourth-order valence-corrected chi connectivity index (χ4v) is 2.37. The molecule has 0 amide bonds. The molecule has 0 spiro atoms. The average molecular weight is 283 g/mol. The first-order valence-electron chi connectivity index (χ1n) is 6.42. The number of benzene rings is 1. The van der Waals surface area contributed by atoms with Crippen molar-refractivity contribution < 1.29 is 8.42 Å². The second-order valence-corrected chi connectivity index (χ2v) is 5.96. The van der Waals surface area contributed by atoms with Crippen LogP contribution in [0.1, 0.15) is 39.5 Å². The van der Waals surface area contributed by atoms with E-state index >= 15 is 0 Å². The topological polar surface area (TPSA) is 84.5 Å². The second-order valence-electron chi connectivity index (χ2n) is 4.30. The van der Waals surface area contributed by atoms with E-state index in [9.17, 15) is 8.42 Å². The molecular formula is C13H21N3O2S. The van der Waals surface area contributed by atoms with Crippen LogP contribution in [0.15, 0.2) is 34.3 Å². The highest BCUT2D eigenvalue weighted by Gasteiger charge is 2.12.